The highest BCUT2D eigenvalue weighted by Crippen LogP contribution is 2.37. The highest BCUT2D eigenvalue weighted by molar-refractivity contribution is 6.20. The summed E-state index contributed by atoms with van der Waals surface area (Å²) < 4.78 is 5.53. The standard InChI is InChI=1S/C24H43ClN4O3/c1-15-10-17(14-28(3)4)21(24(31)27-15)13-26-23(30)20-11-18(25)12-22(16(20)2)29(5)19-6-8-32-9-7-19/h15-22H,6-14H2,1-5H3,(H,26,30)(H,27,31). The molecule has 7 nitrogen and oxygen atoms in total. The first-order chi connectivity index (χ1) is 15.2. The van der Waals surface area contributed by atoms with Gasteiger partial charge in [0.2, 0.25) is 11.8 Å². The summed E-state index contributed by atoms with van der Waals surface area (Å²) in [7, 11) is 6.25. The van der Waals surface area contributed by atoms with Crippen LogP contribution in [0.3, 0.4) is 0 Å². The van der Waals surface area contributed by atoms with Crippen molar-refractivity contribution in [2.24, 2.45) is 23.7 Å². The van der Waals surface area contributed by atoms with E-state index in [0.717, 1.165) is 45.4 Å². The molecule has 2 heterocycles. The quantitative estimate of drug-likeness (QED) is 0.556. The van der Waals surface area contributed by atoms with Crippen LogP contribution in [-0.4, -0.2) is 92.6 Å². The summed E-state index contributed by atoms with van der Waals surface area (Å²) >= 11 is 6.67. The van der Waals surface area contributed by atoms with Crippen LogP contribution in [0.15, 0.2) is 0 Å². The molecule has 184 valence electrons. The average Bonchev–Trinajstić information content (AvgIpc) is 2.74. The van der Waals surface area contributed by atoms with Gasteiger partial charge in [0.15, 0.2) is 0 Å². The Balaban J connectivity index is 1.62. The Bertz CT molecular complexity index is 641. The molecule has 2 amide bonds. The molecule has 0 radical (unpaired) electrons. The number of alkyl halides is 1. The van der Waals surface area contributed by atoms with Crippen molar-refractivity contribution < 1.29 is 14.3 Å². The first-order valence-corrected chi connectivity index (χ1v) is 12.8. The van der Waals surface area contributed by atoms with E-state index < -0.39 is 0 Å². The molecule has 3 rings (SSSR count). The minimum atomic E-state index is -0.191. The van der Waals surface area contributed by atoms with Crippen LogP contribution in [0.2, 0.25) is 0 Å². The Hall–Kier alpha value is -0.890. The smallest absolute Gasteiger partial charge is 0.225 e. The molecule has 7 unspecified atom stereocenters. The van der Waals surface area contributed by atoms with Gasteiger partial charge in [-0.1, -0.05) is 6.92 Å². The largest absolute Gasteiger partial charge is 0.381 e. The number of carbonyl (C=O) groups is 2. The SMILES string of the molecule is CC1CC(CN(C)C)C(CNC(=O)C2CC(Cl)CC(N(C)C3CCOCC3)C2C)C(=O)N1. The van der Waals surface area contributed by atoms with Gasteiger partial charge < -0.3 is 20.3 Å². The van der Waals surface area contributed by atoms with Crippen LogP contribution in [0.4, 0.5) is 0 Å². The predicted molar refractivity (Wildman–Crippen MR) is 128 cm³/mol. The van der Waals surface area contributed by atoms with Crippen LogP contribution >= 0.6 is 11.6 Å². The summed E-state index contributed by atoms with van der Waals surface area (Å²) in [5.74, 6) is 0.241. The van der Waals surface area contributed by atoms with Crippen molar-refractivity contribution in [3.63, 3.8) is 0 Å². The van der Waals surface area contributed by atoms with Crippen molar-refractivity contribution in [3.8, 4) is 0 Å². The van der Waals surface area contributed by atoms with Crippen molar-refractivity contribution in [2.75, 3.05) is 47.4 Å². The Kier molecular flexibility index (Phi) is 9.24. The molecule has 0 aromatic heterocycles. The maximum atomic E-state index is 13.3. The number of nitrogens with zero attached hydrogens (tertiary/aromatic N) is 2. The lowest BCUT2D eigenvalue weighted by Gasteiger charge is -2.46. The number of halogens is 1. The van der Waals surface area contributed by atoms with Crippen molar-refractivity contribution in [2.45, 2.75) is 69.5 Å². The molecule has 0 bridgehead atoms. The first-order valence-electron chi connectivity index (χ1n) is 12.3. The lowest BCUT2D eigenvalue weighted by Crippen LogP contribution is -2.55. The number of rotatable bonds is 7. The second-order valence-corrected chi connectivity index (χ2v) is 11.2. The Morgan fingerprint density at radius 2 is 1.84 bits per heavy atom. The van der Waals surface area contributed by atoms with Gasteiger partial charge in [0.1, 0.15) is 0 Å². The molecule has 2 aliphatic heterocycles. The fraction of sp³-hybridized carbons (Fsp3) is 0.917. The molecule has 1 saturated carbocycles. The molecule has 0 aromatic carbocycles. The summed E-state index contributed by atoms with van der Waals surface area (Å²) in [5.41, 5.74) is 0. The number of nitrogens with one attached hydrogen (secondary N) is 2. The van der Waals surface area contributed by atoms with E-state index in [1.165, 1.54) is 0 Å². The number of ether oxygens (including phenoxy) is 1. The van der Waals surface area contributed by atoms with Gasteiger partial charge in [0, 0.05) is 55.7 Å². The third kappa shape index (κ3) is 6.37. The summed E-state index contributed by atoms with van der Waals surface area (Å²) in [5, 5.41) is 6.20. The number of piperidine rings is 1. The Morgan fingerprint density at radius 3 is 2.50 bits per heavy atom. The number of amides is 2. The predicted octanol–water partition coefficient (Wildman–Crippen LogP) is 1.94. The molecule has 2 saturated heterocycles. The van der Waals surface area contributed by atoms with E-state index in [-0.39, 0.29) is 52.9 Å². The highest BCUT2D eigenvalue weighted by atomic mass is 35.5. The normalized spacial score (nSPS) is 36.9. The van der Waals surface area contributed by atoms with E-state index in [1.54, 1.807) is 0 Å². The van der Waals surface area contributed by atoms with E-state index in [4.69, 9.17) is 16.3 Å². The van der Waals surface area contributed by atoms with Crippen LogP contribution in [0, 0.1) is 23.7 Å². The second-order valence-electron chi connectivity index (χ2n) is 10.6. The molecule has 3 aliphatic rings. The topological polar surface area (TPSA) is 73.9 Å². The van der Waals surface area contributed by atoms with Gasteiger partial charge in [-0.3, -0.25) is 14.5 Å². The van der Waals surface area contributed by atoms with E-state index in [0.29, 0.717) is 19.0 Å². The zero-order chi connectivity index (χ0) is 23.4. The van der Waals surface area contributed by atoms with E-state index >= 15 is 0 Å². The van der Waals surface area contributed by atoms with Gasteiger partial charge in [-0.2, -0.15) is 0 Å². The Labute approximate surface area is 198 Å². The monoisotopic (exact) mass is 470 g/mol. The third-order valence-corrected chi connectivity index (χ3v) is 8.28. The maximum Gasteiger partial charge on any atom is 0.225 e. The molecule has 1 aliphatic carbocycles. The van der Waals surface area contributed by atoms with Crippen LogP contribution in [0.5, 0.6) is 0 Å². The zero-order valence-electron chi connectivity index (χ0n) is 20.5. The van der Waals surface area contributed by atoms with Crippen molar-refractivity contribution in [3.05, 3.63) is 0 Å². The molecule has 2 N–H and O–H groups in total. The molecule has 3 fully saturated rings. The zero-order valence-corrected chi connectivity index (χ0v) is 21.2. The highest BCUT2D eigenvalue weighted by Gasteiger charge is 2.42. The number of hydrogen-bond acceptors (Lipinski definition) is 5. The van der Waals surface area contributed by atoms with Gasteiger partial charge in [-0.05, 0) is 72.0 Å². The molecule has 0 spiro atoms. The molecular weight excluding hydrogens is 428 g/mol. The fourth-order valence-corrected chi connectivity index (χ4v) is 6.47. The molecule has 32 heavy (non-hydrogen) atoms. The van der Waals surface area contributed by atoms with E-state index in [2.05, 4.69) is 41.3 Å². The molecule has 7 atom stereocenters. The molecular formula is C24H43ClN4O3. The fourth-order valence-electron chi connectivity index (χ4n) is 6.09. The Morgan fingerprint density at radius 1 is 1.16 bits per heavy atom. The van der Waals surface area contributed by atoms with Gasteiger partial charge in [-0.25, -0.2) is 0 Å². The molecule has 8 heteroatoms. The van der Waals surface area contributed by atoms with Crippen molar-refractivity contribution >= 4 is 23.4 Å². The van der Waals surface area contributed by atoms with Gasteiger partial charge in [-0.15, -0.1) is 11.6 Å². The summed E-state index contributed by atoms with van der Waals surface area (Å²) in [6, 6.07) is 0.947. The lowest BCUT2D eigenvalue weighted by atomic mass is 9.74. The second kappa shape index (κ2) is 11.5. The van der Waals surface area contributed by atoms with Gasteiger partial charge in [0.05, 0.1) is 5.92 Å². The summed E-state index contributed by atoms with van der Waals surface area (Å²) in [6.45, 7) is 7.10. The van der Waals surface area contributed by atoms with Crippen molar-refractivity contribution in [1.82, 2.24) is 20.4 Å². The minimum Gasteiger partial charge on any atom is -0.381 e. The minimum absolute atomic E-state index is 0.00504. The van der Waals surface area contributed by atoms with Gasteiger partial charge in [0.25, 0.3) is 0 Å². The molecule has 0 aromatic rings. The summed E-state index contributed by atoms with van der Waals surface area (Å²) in [6.07, 6.45) is 4.61. The third-order valence-electron chi connectivity index (χ3n) is 7.92. The summed E-state index contributed by atoms with van der Waals surface area (Å²) in [4.78, 5) is 30.6. The lowest BCUT2D eigenvalue weighted by molar-refractivity contribution is -0.132. The number of hydrogen-bond donors (Lipinski definition) is 2. The van der Waals surface area contributed by atoms with E-state index in [9.17, 15) is 9.59 Å². The van der Waals surface area contributed by atoms with Crippen LogP contribution in [0.25, 0.3) is 0 Å². The van der Waals surface area contributed by atoms with Crippen LogP contribution in [-0.2, 0) is 14.3 Å². The average molecular weight is 471 g/mol. The van der Waals surface area contributed by atoms with Crippen LogP contribution < -0.4 is 10.6 Å². The number of carbonyl (C=O) groups excluding carboxylic acids is 2. The van der Waals surface area contributed by atoms with Crippen LogP contribution in [0.1, 0.15) is 46.0 Å². The van der Waals surface area contributed by atoms with Gasteiger partial charge >= 0.3 is 0 Å². The van der Waals surface area contributed by atoms with E-state index in [1.807, 2.05) is 14.1 Å². The first kappa shape index (κ1) is 25.7. The maximum absolute atomic E-state index is 13.3. The van der Waals surface area contributed by atoms with Crippen molar-refractivity contribution in [1.29, 1.82) is 0 Å².